The number of piperazine rings is 1. The molecule has 0 aromatic carbocycles. The van der Waals surface area contributed by atoms with Gasteiger partial charge in [-0.2, -0.15) is 5.10 Å². The zero-order valence-electron chi connectivity index (χ0n) is 15.7. The van der Waals surface area contributed by atoms with E-state index in [2.05, 4.69) is 25.8 Å². The van der Waals surface area contributed by atoms with E-state index in [0.717, 1.165) is 61.6 Å². The van der Waals surface area contributed by atoms with Gasteiger partial charge in [-0.25, -0.2) is 9.78 Å². The lowest BCUT2D eigenvalue weighted by molar-refractivity contribution is 0.0526. The van der Waals surface area contributed by atoms with Crippen LogP contribution in [0, 0.1) is 19.3 Å². The summed E-state index contributed by atoms with van der Waals surface area (Å²) in [6.45, 7) is 8.47. The molecule has 7 nitrogen and oxygen atoms in total. The number of nitrogens with zero attached hydrogens (tertiary/aromatic N) is 5. The fourth-order valence-electron chi connectivity index (χ4n) is 3.50. The van der Waals surface area contributed by atoms with Crippen molar-refractivity contribution in [2.45, 2.75) is 20.3 Å². The first kappa shape index (κ1) is 18.2. The molecule has 2 aromatic rings. The number of carbonyl (C=O) groups excluding carboxylic acids is 1. The number of rotatable bonds is 5. The van der Waals surface area contributed by atoms with Gasteiger partial charge in [0.25, 0.3) is 0 Å². The third kappa shape index (κ3) is 3.37. The molecular weight excluding hydrogens is 330 g/mol. The summed E-state index contributed by atoms with van der Waals surface area (Å²) >= 11 is 0. The van der Waals surface area contributed by atoms with Crippen LogP contribution in [0.5, 0.6) is 0 Å². The van der Waals surface area contributed by atoms with Crippen molar-refractivity contribution in [3.05, 3.63) is 17.5 Å². The van der Waals surface area contributed by atoms with Crippen LogP contribution in [0.25, 0.3) is 11.0 Å². The standard InChI is InChI=1S/C19H25N5O2/c1-5-7-8-23-9-11-24(12-10-23)17-15(19(25)26-6-2)13-20-18-16(17)14(3)21-22(18)4/h1,13H,6-12H2,2-4H3. The molecule has 0 spiro atoms. The number of pyridine rings is 1. The molecule has 3 rings (SSSR count). The summed E-state index contributed by atoms with van der Waals surface area (Å²) in [5, 5.41) is 5.42. The number of anilines is 1. The quantitative estimate of drug-likeness (QED) is 0.600. The third-order valence-corrected chi connectivity index (χ3v) is 4.76. The molecular formula is C19H25N5O2. The van der Waals surface area contributed by atoms with E-state index in [9.17, 15) is 4.79 Å². The van der Waals surface area contributed by atoms with Gasteiger partial charge in [-0.3, -0.25) is 9.58 Å². The lowest BCUT2D eigenvalue weighted by Gasteiger charge is -2.36. The van der Waals surface area contributed by atoms with Gasteiger partial charge in [-0.05, 0) is 13.8 Å². The summed E-state index contributed by atoms with van der Waals surface area (Å²) in [6.07, 6.45) is 7.74. The molecule has 3 heterocycles. The van der Waals surface area contributed by atoms with Crippen molar-refractivity contribution in [1.29, 1.82) is 0 Å². The van der Waals surface area contributed by atoms with E-state index in [1.165, 1.54) is 0 Å². The average Bonchev–Trinajstić information content (AvgIpc) is 2.94. The first-order valence-electron chi connectivity index (χ1n) is 8.97. The normalized spacial score (nSPS) is 15.2. The van der Waals surface area contributed by atoms with Gasteiger partial charge in [0.15, 0.2) is 5.65 Å². The molecule has 0 radical (unpaired) electrons. The number of aryl methyl sites for hydroxylation is 2. The highest BCUT2D eigenvalue weighted by Crippen LogP contribution is 2.33. The second kappa shape index (κ2) is 7.75. The Balaban J connectivity index is 1.99. The lowest BCUT2D eigenvalue weighted by Crippen LogP contribution is -2.47. The molecule has 0 atom stereocenters. The minimum absolute atomic E-state index is 0.336. The molecule has 0 bridgehead atoms. The molecule has 0 amide bonds. The maximum atomic E-state index is 12.5. The zero-order chi connectivity index (χ0) is 18.7. The number of ether oxygens (including phenoxy) is 1. The van der Waals surface area contributed by atoms with Gasteiger partial charge in [0.1, 0.15) is 5.56 Å². The number of aromatic nitrogens is 3. The van der Waals surface area contributed by atoms with Gasteiger partial charge in [-0.1, -0.05) is 0 Å². The van der Waals surface area contributed by atoms with Crippen LogP contribution in [0.1, 0.15) is 29.4 Å². The van der Waals surface area contributed by atoms with Gasteiger partial charge in [0.05, 0.1) is 23.4 Å². The molecule has 0 aliphatic carbocycles. The number of terminal acetylenes is 1. The highest BCUT2D eigenvalue weighted by atomic mass is 16.5. The monoisotopic (exact) mass is 355 g/mol. The Morgan fingerprint density at radius 2 is 2.08 bits per heavy atom. The molecule has 7 heteroatoms. The molecule has 1 aliphatic heterocycles. The van der Waals surface area contributed by atoms with E-state index in [1.54, 1.807) is 10.9 Å². The van der Waals surface area contributed by atoms with Gasteiger partial charge in [0.2, 0.25) is 0 Å². The van der Waals surface area contributed by atoms with Gasteiger partial charge in [-0.15, -0.1) is 12.3 Å². The van der Waals surface area contributed by atoms with Crippen LogP contribution >= 0.6 is 0 Å². The van der Waals surface area contributed by atoms with Crippen LogP contribution in [-0.2, 0) is 11.8 Å². The SMILES string of the molecule is C#CCCN1CCN(c2c(C(=O)OCC)cnc3c2c(C)nn3C)CC1. The predicted octanol–water partition coefficient (Wildman–Crippen LogP) is 1.60. The fourth-order valence-corrected chi connectivity index (χ4v) is 3.50. The molecule has 0 saturated carbocycles. The van der Waals surface area contributed by atoms with Crippen LogP contribution < -0.4 is 4.90 Å². The van der Waals surface area contributed by atoms with E-state index in [-0.39, 0.29) is 5.97 Å². The Bertz CT molecular complexity index is 844. The number of fused-ring (bicyclic) bond motifs is 1. The van der Waals surface area contributed by atoms with E-state index in [4.69, 9.17) is 11.2 Å². The summed E-state index contributed by atoms with van der Waals surface area (Å²) < 4.78 is 7.02. The Morgan fingerprint density at radius 1 is 1.35 bits per heavy atom. The first-order valence-corrected chi connectivity index (χ1v) is 8.97. The van der Waals surface area contributed by atoms with Gasteiger partial charge >= 0.3 is 5.97 Å². The average molecular weight is 355 g/mol. The minimum Gasteiger partial charge on any atom is -0.462 e. The summed E-state index contributed by atoms with van der Waals surface area (Å²) in [5.41, 5.74) is 3.04. The summed E-state index contributed by atoms with van der Waals surface area (Å²) in [6, 6.07) is 0. The lowest BCUT2D eigenvalue weighted by atomic mass is 10.1. The predicted molar refractivity (Wildman–Crippen MR) is 101 cm³/mol. The Hall–Kier alpha value is -2.59. The fraction of sp³-hybridized carbons (Fsp3) is 0.526. The topological polar surface area (TPSA) is 63.5 Å². The highest BCUT2D eigenvalue weighted by Gasteiger charge is 2.27. The van der Waals surface area contributed by atoms with Crippen molar-refractivity contribution in [2.24, 2.45) is 7.05 Å². The van der Waals surface area contributed by atoms with Crippen LogP contribution in [0.15, 0.2) is 6.20 Å². The van der Waals surface area contributed by atoms with Crippen molar-refractivity contribution in [2.75, 3.05) is 44.2 Å². The maximum Gasteiger partial charge on any atom is 0.341 e. The molecule has 26 heavy (non-hydrogen) atoms. The number of carbonyl (C=O) groups is 1. The first-order chi connectivity index (χ1) is 12.6. The minimum atomic E-state index is -0.338. The number of hydrogen-bond donors (Lipinski definition) is 0. The van der Waals surface area contributed by atoms with Crippen LogP contribution in [-0.4, -0.2) is 65.0 Å². The molecule has 0 unspecified atom stereocenters. The van der Waals surface area contributed by atoms with Crippen molar-refractivity contribution in [3.63, 3.8) is 0 Å². The van der Waals surface area contributed by atoms with Gasteiger partial charge in [0, 0.05) is 52.4 Å². The van der Waals surface area contributed by atoms with Crippen LogP contribution in [0.3, 0.4) is 0 Å². The second-order valence-corrected chi connectivity index (χ2v) is 6.43. The molecule has 0 N–H and O–H groups in total. The van der Waals surface area contributed by atoms with Crippen molar-refractivity contribution in [1.82, 2.24) is 19.7 Å². The number of hydrogen-bond acceptors (Lipinski definition) is 6. The smallest absolute Gasteiger partial charge is 0.341 e. The summed E-state index contributed by atoms with van der Waals surface area (Å²) in [5.74, 6) is 2.36. The Morgan fingerprint density at radius 3 is 2.73 bits per heavy atom. The zero-order valence-corrected chi connectivity index (χ0v) is 15.7. The highest BCUT2D eigenvalue weighted by molar-refractivity contribution is 6.05. The number of esters is 1. The largest absolute Gasteiger partial charge is 0.462 e. The molecule has 2 aromatic heterocycles. The van der Waals surface area contributed by atoms with E-state index in [1.807, 2.05) is 20.9 Å². The van der Waals surface area contributed by atoms with Crippen molar-refractivity contribution < 1.29 is 9.53 Å². The van der Waals surface area contributed by atoms with Crippen LogP contribution in [0.2, 0.25) is 0 Å². The summed E-state index contributed by atoms with van der Waals surface area (Å²) in [4.78, 5) is 21.6. The molecule has 138 valence electrons. The van der Waals surface area contributed by atoms with E-state index >= 15 is 0 Å². The third-order valence-electron chi connectivity index (χ3n) is 4.76. The van der Waals surface area contributed by atoms with Crippen molar-refractivity contribution >= 4 is 22.7 Å². The summed E-state index contributed by atoms with van der Waals surface area (Å²) in [7, 11) is 1.87. The molecule has 1 aliphatic rings. The van der Waals surface area contributed by atoms with Crippen LogP contribution in [0.4, 0.5) is 5.69 Å². The van der Waals surface area contributed by atoms with Crippen molar-refractivity contribution in [3.8, 4) is 12.3 Å². The molecule has 1 fully saturated rings. The second-order valence-electron chi connectivity index (χ2n) is 6.43. The Kier molecular flexibility index (Phi) is 5.43. The molecule has 1 saturated heterocycles. The Labute approximate surface area is 153 Å². The van der Waals surface area contributed by atoms with E-state index < -0.39 is 0 Å². The maximum absolute atomic E-state index is 12.5. The van der Waals surface area contributed by atoms with Gasteiger partial charge < -0.3 is 9.64 Å². The van der Waals surface area contributed by atoms with E-state index in [0.29, 0.717) is 12.2 Å².